The molecule has 0 aliphatic heterocycles. The summed E-state index contributed by atoms with van der Waals surface area (Å²) in [5.74, 6) is -0.166. The Labute approximate surface area is 122 Å². The van der Waals surface area contributed by atoms with Crippen LogP contribution in [0.4, 0.5) is 0 Å². The van der Waals surface area contributed by atoms with Gasteiger partial charge < -0.3 is 10.0 Å². The number of nitrogens with zero attached hydrogens (tertiary/aromatic N) is 3. The van der Waals surface area contributed by atoms with Crippen LogP contribution < -0.4 is 0 Å². The van der Waals surface area contributed by atoms with Crippen molar-refractivity contribution in [2.24, 2.45) is 0 Å². The predicted molar refractivity (Wildman–Crippen MR) is 77.2 cm³/mol. The highest BCUT2D eigenvalue weighted by molar-refractivity contribution is 6.32. The topological polar surface area (TPSA) is 58.4 Å². The lowest BCUT2D eigenvalue weighted by atomic mass is 10.1. The highest BCUT2D eigenvalue weighted by atomic mass is 35.5. The molecular weight excluding hydrogens is 278 g/mol. The van der Waals surface area contributed by atoms with Crippen molar-refractivity contribution >= 4 is 17.5 Å². The van der Waals surface area contributed by atoms with Crippen LogP contribution in [-0.4, -0.2) is 39.8 Å². The Balaban J connectivity index is 2.35. The van der Waals surface area contributed by atoms with E-state index in [2.05, 4.69) is 5.10 Å². The second kappa shape index (κ2) is 5.64. The Hall–Kier alpha value is -1.85. The summed E-state index contributed by atoms with van der Waals surface area (Å²) in [6.07, 6.45) is 1.10. The lowest BCUT2D eigenvalue weighted by Crippen LogP contribution is -2.22. The van der Waals surface area contributed by atoms with Gasteiger partial charge in [0.25, 0.3) is 5.91 Å². The van der Waals surface area contributed by atoms with Gasteiger partial charge in [-0.15, -0.1) is 0 Å². The molecule has 1 aromatic heterocycles. The van der Waals surface area contributed by atoms with E-state index in [1.165, 1.54) is 4.90 Å². The van der Waals surface area contributed by atoms with E-state index < -0.39 is 6.10 Å². The van der Waals surface area contributed by atoms with Crippen LogP contribution in [0.3, 0.4) is 0 Å². The number of rotatable bonds is 3. The van der Waals surface area contributed by atoms with Gasteiger partial charge in [0.05, 0.1) is 16.8 Å². The van der Waals surface area contributed by atoms with Gasteiger partial charge in [0.2, 0.25) is 0 Å². The number of amides is 1. The minimum Gasteiger partial charge on any atom is -0.389 e. The number of carbonyl (C=O) groups is 1. The molecule has 5 nitrogen and oxygen atoms in total. The molecule has 0 aliphatic carbocycles. The first kappa shape index (κ1) is 14.6. The summed E-state index contributed by atoms with van der Waals surface area (Å²) >= 11 is 6.19. The molecule has 0 aliphatic rings. The molecule has 6 heteroatoms. The second-order valence-electron chi connectivity index (χ2n) is 4.73. The molecule has 0 bridgehead atoms. The molecule has 20 heavy (non-hydrogen) atoms. The van der Waals surface area contributed by atoms with Gasteiger partial charge in [-0.05, 0) is 30.7 Å². The molecule has 1 aromatic carbocycles. The minimum atomic E-state index is -0.579. The lowest BCUT2D eigenvalue weighted by molar-refractivity contribution is 0.0821. The minimum absolute atomic E-state index is 0.166. The van der Waals surface area contributed by atoms with Gasteiger partial charge in [-0.25, -0.2) is 4.68 Å². The maximum atomic E-state index is 11.8. The fraction of sp³-hybridized carbons (Fsp3) is 0.286. The molecule has 0 saturated carbocycles. The number of aromatic nitrogens is 2. The van der Waals surface area contributed by atoms with Gasteiger partial charge in [0, 0.05) is 20.3 Å². The summed E-state index contributed by atoms with van der Waals surface area (Å²) in [5.41, 5.74) is 1.75. The van der Waals surface area contributed by atoms with Crippen molar-refractivity contribution in [1.82, 2.24) is 14.7 Å². The fourth-order valence-electron chi connectivity index (χ4n) is 1.77. The first-order valence-corrected chi connectivity index (χ1v) is 6.53. The maximum Gasteiger partial charge on any atom is 0.273 e. The zero-order chi connectivity index (χ0) is 14.9. The maximum absolute atomic E-state index is 11.8. The van der Waals surface area contributed by atoms with E-state index in [4.69, 9.17) is 11.6 Å². The molecule has 0 fully saturated rings. The average molecular weight is 294 g/mol. The molecular formula is C14H16ClN3O2. The Morgan fingerprint density at radius 3 is 2.65 bits per heavy atom. The Morgan fingerprint density at radius 1 is 1.40 bits per heavy atom. The first-order valence-electron chi connectivity index (χ1n) is 6.15. The highest BCUT2D eigenvalue weighted by Crippen LogP contribution is 2.24. The van der Waals surface area contributed by atoms with Crippen molar-refractivity contribution in [3.63, 3.8) is 0 Å². The number of carbonyl (C=O) groups excluding carboxylic acids is 1. The van der Waals surface area contributed by atoms with Crippen LogP contribution in [0.1, 0.15) is 29.1 Å². The lowest BCUT2D eigenvalue weighted by Gasteiger charge is -2.09. The normalized spacial score (nSPS) is 12.2. The van der Waals surface area contributed by atoms with E-state index in [1.807, 2.05) is 0 Å². The summed E-state index contributed by atoms with van der Waals surface area (Å²) in [7, 11) is 3.34. The molecule has 1 amide bonds. The summed E-state index contributed by atoms with van der Waals surface area (Å²) in [4.78, 5) is 13.3. The van der Waals surface area contributed by atoms with Crippen molar-refractivity contribution < 1.29 is 9.90 Å². The van der Waals surface area contributed by atoms with Crippen LogP contribution in [0, 0.1) is 0 Å². The molecule has 2 rings (SSSR count). The molecule has 1 heterocycles. The molecule has 1 atom stereocenters. The quantitative estimate of drug-likeness (QED) is 0.944. The van der Waals surface area contributed by atoms with Gasteiger partial charge >= 0.3 is 0 Å². The zero-order valence-electron chi connectivity index (χ0n) is 11.5. The van der Waals surface area contributed by atoms with Crippen molar-refractivity contribution in [2.75, 3.05) is 14.1 Å². The van der Waals surface area contributed by atoms with Crippen LogP contribution in [0.5, 0.6) is 0 Å². The Morgan fingerprint density at radius 2 is 2.10 bits per heavy atom. The smallest absolute Gasteiger partial charge is 0.273 e. The van der Waals surface area contributed by atoms with Crippen molar-refractivity contribution in [1.29, 1.82) is 0 Å². The van der Waals surface area contributed by atoms with E-state index in [1.54, 1.807) is 56.2 Å². The Bertz CT molecular complexity index is 635. The van der Waals surface area contributed by atoms with Gasteiger partial charge in [-0.1, -0.05) is 17.7 Å². The van der Waals surface area contributed by atoms with Crippen molar-refractivity contribution in [3.05, 3.63) is 46.7 Å². The third-order valence-corrected chi connectivity index (χ3v) is 3.22. The summed E-state index contributed by atoms with van der Waals surface area (Å²) in [5, 5.41) is 14.2. The van der Waals surface area contributed by atoms with Gasteiger partial charge in [-0.3, -0.25) is 4.79 Å². The van der Waals surface area contributed by atoms with Crippen LogP contribution in [-0.2, 0) is 0 Å². The predicted octanol–water partition coefficient (Wildman–Crippen LogP) is 2.28. The van der Waals surface area contributed by atoms with Gasteiger partial charge in [0.1, 0.15) is 0 Å². The molecule has 0 spiro atoms. The third kappa shape index (κ3) is 2.84. The summed E-state index contributed by atoms with van der Waals surface area (Å²) in [6.45, 7) is 1.67. The number of aliphatic hydroxyl groups is 1. The van der Waals surface area contributed by atoms with Crippen LogP contribution in [0.25, 0.3) is 5.69 Å². The number of hydrogen-bond acceptors (Lipinski definition) is 3. The standard InChI is InChI=1S/C14H16ClN3O2/c1-9(19)10-4-5-13(11(15)8-10)18-7-6-12(16-18)14(20)17(2)3/h4-9,19H,1-3H3/t9-/m1/s1. The molecule has 0 saturated heterocycles. The van der Waals surface area contributed by atoms with Crippen molar-refractivity contribution in [2.45, 2.75) is 13.0 Å². The number of hydrogen-bond donors (Lipinski definition) is 1. The third-order valence-electron chi connectivity index (χ3n) is 2.92. The monoisotopic (exact) mass is 293 g/mol. The summed E-state index contributed by atoms with van der Waals surface area (Å²) in [6, 6.07) is 6.88. The highest BCUT2D eigenvalue weighted by Gasteiger charge is 2.13. The Kier molecular flexibility index (Phi) is 4.11. The van der Waals surface area contributed by atoms with Crippen LogP contribution >= 0.6 is 11.6 Å². The number of benzene rings is 1. The molecule has 106 valence electrons. The average Bonchev–Trinajstić information content (AvgIpc) is 2.86. The largest absolute Gasteiger partial charge is 0.389 e. The van der Waals surface area contributed by atoms with Crippen LogP contribution in [0.2, 0.25) is 5.02 Å². The van der Waals surface area contributed by atoms with E-state index in [0.717, 1.165) is 5.56 Å². The summed E-state index contributed by atoms with van der Waals surface area (Å²) < 4.78 is 1.55. The van der Waals surface area contributed by atoms with E-state index in [9.17, 15) is 9.90 Å². The molecule has 2 aromatic rings. The van der Waals surface area contributed by atoms with Gasteiger partial charge in [0.15, 0.2) is 5.69 Å². The molecule has 1 N–H and O–H groups in total. The molecule has 0 unspecified atom stereocenters. The first-order chi connectivity index (χ1) is 9.40. The van der Waals surface area contributed by atoms with E-state index >= 15 is 0 Å². The van der Waals surface area contributed by atoms with Gasteiger partial charge in [-0.2, -0.15) is 5.10 Å². The molecule has 0 radical (unpaired) electrons. The van der Waals surface area contributed by atoms with E-state index in [0.29, 0.717) is 16.4 Å². The SMILES string of the molecule is C[C@@H](O)c1ccc(-n2ccc(C(=O)N(C)C)n2)c(Cl)c1. The van der Waals surface area contributed by atoms with Crippen LogP contribution in [0.15, 0.2) is 30.5 Å². The zero-order valence-corrected chi connectivity index (χ0v) is 12.3. The number of aliphatic hydroxyl groups excluding tert-OH is 1. The fourth-order valence-corrected chi connectivity index (χ4v) is 2.05. The van der Waals surface area contributed by atoms with E-state index in [-0.39, 0.29) is 5.91 Å². The van der Waals surface area contributed by atoms with Crippen molar-refractivity contribution in [3.8, 4) is 5.69 Å². The second-order valence-corrected chi connectivity index (χ2v) is 5.14. The number of halogens is 1.